The molecule has 21 heavy (non-hydrogen) atoms. The van der Waals surface area contributed by atoms with E-state index in [1.165, 1.54) is 18.3 Å². The monoisotopic (exact) mass is 300 g/mol. The first-order valence-corrected chi connectivity index (χ1v) is 7.10. The fourth-order valence-corrected chi connectivity index (χ4v) is 2.62. The van der Waals surface area contributed by atoms with Gasteiger partial charge in [-0.3, -0.25) is 9.59 Å². The molecule has 0 bridgehead atoms. The van der Waals surface area contributed by atoms with Crippen LogP contribution in [-0.4, -0.2) is 26.3 Å². The molecule has 2 aromatic heterocycles. The van der Waals surface area contributed by atoms with Crippen LogP contribution in [0.3, 0.4) is 0 Å². The molecule has 0 saturated heterocycles. The number of benzene rings is 1. The Kier molecular flexibility index (Phi) is 3.26. The Bertz CT molecular complexity index is 801. The highest BCUT2D eigenvalue weighted by molar-refractivity contribution is 7.16. The first-order valence-electron chi connectivity index (χ1n) is 6.28. The minimum absolute atomic E-state index is 0.0105. The lowest BCUT2D eigenvalue weighted by Gasteiger charge is -2.03. The quantitative estimate of drug-likeness (QED) is 0.754. The Labute approximate surface area is 124 Å². The third-order valence-corrected chi connectivity index (χ3v) is 3.76. The van der Waals surface area contributed by atoms with Crippen molar-refractivity contribution in [3.63, 3.8) is 0 Å². The summed E-state index contributed by atoms with van der Waals surface area (Å²) in [6.07, 6.45) is 1.60. The van der Waals surface area contributed by atoms with Crippen molar-refractivity contribution in [1.29, 1.82) is 0 Å². The van der Waals surface area contributed by atoms with Gasteiger partial charge in [-0.15, -0.1) is 0 Å². The summed E-state index contributed by atoms with van der Waals surface area (Å²) in [6.45, 7) is 3.38. The molecule has 1 amide bonds. The molecule has 0 aliphatic carbocycles. The summed E-state index contributed by atoms with van der Waals surface area (Å²) in [5, 5.41) is 7.84. The van der Waals surface area contributed by atoms with E-state index in [4.69, 9.17) is 0 Å². The van der Waals surface area contributed by atoms with Crippen molar-refractivity contribution in [2.24, 2.45) is 0 Å². The average Bonchev–Trinajstić information content (AvgIpc) is 2.96. The minimum Gasteiger partial charge on any atom is -0.321 e. The summed E-state index contributed by atoms with van der Waals surface area (Å²) in [4.78, 5) is 28.2. The number of carbonyl (C=O) groups excluding carboxylic acids is 2. The number of nitrogens with zero attached hydrogens (tertiary/aromatic N) is 3. The van der Waals surface area contributed by atoms with Crippen molar-refractivity contribution in [1.82, 2.24) is 14.6 Å². The second-order valence-corrected chi connectivity index (χ2v) is 5.72. The van der Waals surface area contributed by atoms with Crippen LogP contribution < -0.4 is 5.32 Å². The van der Waals surface area contributed by atoms with Crippen LogP contribution in [-0.2, 0) is 0 Å². The highest BCUT2D eigenvalue weighted by Gasteiger charge is 2.13. The van der Waals surface area contributed by atoms with Crippen LogP contribution in [0.5, 0.6) is 0 Å². The molecule has 7 heteroatoms. The Morgan fingerprint density at radius 1 is 1.24 bits per heavy atom. The number of ketones is 1. The lowest BCUT2D eigenvalue weighted by atomic mass is 10.1. The molecule has 3 rings (SSSR count). The largest absolute Gasteiger partial charge is 0.321 e. The average molecular weight is 300 g/mol. The number of aromatic nitrogens is 3. The van der Waals surface area contributed by atoms with E-state index in [0.29, 0.717) is 21.9 Å². The number of Topliss-reactive ketones (excluding diaryl/α,β-unsaturated/α-hetero) is 1. The molecule has 6 nitrogen and oxygen atoms in total. The standard InChI is InChI=1S/C14H12N4O2S/c1-8(19)10-3-5-11(6-4-10)15-13(20)12-7-18-14(16-12)21-9(2)17-18/h3-7H,1-2H3,(H,15,20). The summed E-state index contributed by atoms with van der Waals surface area (Å²) in [5.41, 5.74) is 1.53. The first-order chi connectivity index (χ1) is 10.0. The smallest absolute Gasteiger partial charge is 0.275 e. The van der Waals surface area contributed by atoms with Crippen molar-refractivity contribution in [3.05, 3.63) is 46.7 Å². The van der Waals surface area contributed by atoms with E-state index in [1.807, 2.05) is 6.92 Å². The minimum atomic E-state index is -0.305. The van der Waals surface area contributed by atoms with Gasteiger partial charge in [0.2, 0.25) is 4.96 Å². The van der Waals surface area contributed by atoms with Gasteiger partial charge in [-0.05, 0) is 38.1 Å². The molecule has 2 heterocycles. The van der Waals surface area contributed by atoms with Crippen molar-refractivity contribution in [2.75, 3.05) is 5.32 Å². The zero-order chi connectivity index (χ0) is 15.0. The summed E-state index contributed by atoms with van der Waals surface area (Å²) >= 11 is 1.43. The Hall–Kier alpha value is -2.54. The molecular weight excluding hydrogens is 288 g/mol. The van der Waals surface area contributed by atoms with Crippen LogP contribution in [0.4, 0.5) is 5.69 Å². The van der Waals surface area contributed by atoms with E-state index in [-0.39, 0.29) is 11.7 Å². The van der Waals surface area contributed by atoms with E-state index in [9.17, 15) is 9.59 Å². The Balaban J connectivity index is 1.78. The number of rotatable bonds is 3. The van der Waals surface area contributed by atoms with E-state index < -0.39 is 0 Å². The molecule has 106 valence electrons. The van der Waals surface area contributed by atoms with Crippen LogP contribution in [0, 0.1) is 6.92 Å². The van der Waals surface area contributed by atoms with Crippen LogP contribution in [0.1, 0.15) is 32.8 Å². The molecule has 0 aliphatic heterocycles. The summed E-state index contributed by atoms with van der Waals surface area (Å²) in [6, 6.07) is 6.73. The second-order valence-electron chi connectivity index (χ2n) is 4.56. The number of amides is 1. The first kappa shape index (κ1) is 13.4. The number of anilines is 1. The van der Waals surface area contributed by atoms with Crippen molar-refractivity contribution in [3.8, 4) is 0 Å². The molecule has 0 atom stereocenters. The predicted molar refractivity (Wildman–Crippen MR) is 80.0 cm³/mol. The molecule has 0 spiro atoms. The predicted octanol–water partition coefficient (Wildman–Crippen LogP) is 2.55. The molecule has 0 aliphatic rings. The van der Waals surface area contributed by atoms with Crippen molar-refractivity contribution in [2.45, 2.75) is 13.8 Å². The SMILES string of the molecule is CC(=O)c1ccc(NC(=O)c2cn3nc(C)sc3n2)cc1. The van der Waals surface area contributed by atoms with E-state index >= 15 is 0 Å². The Morgan fingerprint density at radius 3 is 2.57 bits per heavy atom. The molecule has 3 aromatic rings. The number of fused-ring (bicyclic) bond motifs is 1. The van der Waals surface area contributed by atoms with Gasteiger partial charge >= 0.3 is 0 Å². The third-order valence-electron chi connectivity index (χ3n) is 2.93. The van der Waals surface area contributed by atoms with E-state index in [2.05, 4.69) is 15.4 Å². The van der Waals surface area contributed by atoms with Gasteiger partial charge in [0.05, 0.1) is 6.20 Å². The molecule has 0 saturated carbocycles. The van der Waals surface area contributed by atoms with Gasteiger partial charge in [0.15, 0.2) is 5.78 Å². The number of aryl methyl sites for hydroxylation is 1. The molecule has 0 fully saturated rings. The summed E-state index contributed by atoms with van der Waals surface area (Å²) in [5.74, 6) is -0.315. The van der Waals surface area contributed by atoms with Gasteiger partial charge in [0.25, 0.3) is 5.91 Å². The van der Waals surface area contributed by atoms with Gasteiger partial charge < -0.3 is 5.32 Å². The number of imidazole rings is 1. The zero-order valence-corrected chi connectivity index (χ0v) is 12.3. The maximum atomic E-state index is 12.1. The van der Waals surface area contributed by atoms with Gasteiger partial charge in [-0.1, -0.05) is 11.3 Å². The molecule has 0 radical (unpaired) electrons. The molecular formula is C14H12N4O2S. The second kappa shape index (κ2) is 5.10. The third kappa shape index (κ3) is 2.68. The van der Waals surface area contributed by atoms with Crippen LogP contribution in [0.2, 0.25) is 0 Å². The molecule has 1 aromatic carbocycles. The fourth-order valence-electron chi connectivity index (χ4n) is 1.89. The zero-order valence-electron chi connectivity index (χ0n) is 11.5. The van der Waals surface area contributed by atoms with E-state index in [0.717, 1.165) is 5.01 Å². The summed E-state index contributed by atoms with van der Waals surface area (Å²) in [7, 11) is 0. The fraction of sp³-hybridized carbons (Fsp3) is 0.143. The van der Waals surface area contributed by atoms with E-state index in [1.54, 1.807) is 35.0 Å². The maximum Gasteiger partial charge on any atom is 0.275 e. The lowest BCUT2D eigenvalue weighted by molar-refractivity contribution is 0.101. The van der Waals surface area contributed by atoms with Gasteiger partial charge in [-0.2, -0.15) is 5.10 Å². The van der Waals surface area contributed by atoms with Gasteiger partial charge in [0.1, 0.15) is 10.7 Å². The topological polar surface area (TPSA) is 76.4 Å². The van der Waals surface area contributed by atoms with Crippen LogP contribution in [0.25, 0.3) is 4.96 Å². The number of hydrogen-bond acceptors (Lipinski definition) is 5. The summed E-state index contributed by atoms with van der Waals surface area (Å²) < 4.78 is 1.59. The Morgan fingerprint density at radius 2 is 1.95 bits per heavy atom. The number of nitrogens with one attached hydrogen (secondary N) is 1. The van der Waals surface area contributed by atoms with Crippen molar-refractivity contribution < 1.29 is 9.59 Å². The highest BCUT2D eigenvalue weighted by Crippen LogP contribution is 2.15. The highest BCUT2D eigenvalue weighted by atomic mass is 32.1. The number of carbonyl (C=O) groups is 2. The van der Waals surface area contributed by atoms with Crippen LogP contribution in [0.15, 0.2) is 30.5 Å². The van der Waals surface area contributed by atoms with Crippen LogP contribution >= 0.6 is 11.3 Å². The normalized spacial score (nSPS) is 10.8. The molecule has 0 unspecified atom stereocenters. The number of hydrogen-bond donors (Lipinski definition) is 1. The lowest BCUT2D eigenvalue weighted by Crippen LogP contribution is -2.12. The van der Waals surface area contributed by atoms with Crippen molar-refractivity contribution >= 4 is 33.7 Å². The van der Waals surface area contributed by atoms with Gasteiger partial charge in [0, 0.05) is 11.3 Å². The maximum absolute atomic E-state index is 12.1. The molecule has 1 N–H and O–H groups in total. The van der Waals surface area contributed by atoms with Gasteiger partial charge in [-0.25, -0.2) is 9.50 Å².